The highest BCUT2D eigenvalue weighted by atomic mass is 35.5. The summed E-state index contributed by atoms with van der Waals surface area (Å²) in [4.78, 5) is 34.5. The van der Waals surface area contributed by atoms with E-state index in [4.69, 9.17) is 16.4 Å². The number of para-hydroxylation sites is 1. The van der Waals surface area contributed by atoms with Crippen LogP contribution in [0.2, 0.25) is 5.02 Å². The van der Waals surface area contributed by atoms with Crippen molar-refractivity contribution >= 4 is 49.6 Å². The number of anilines is 1. The minimum absolute atomic E-state index is 0.0111. The molecule has 9 nitrogen and oxygen atoms in total. The summed E-state index contributed by atoms with van der Waals surface area (Å²) in [5.41, 5.74) is 3.32. The second-order valence-corrected chi connectivity index (χ2v) is 11.2. The van der Waals surface area contributed by atoms with Gasteiger partial charge in [-0.05, 0) is 42.7 Å². The fourth-order valence-electron chi connectivity index (χ4n) is 4.29. The van der Waals surface area contributed by atoms with Crippen molar-refractivity contribution < 1.29 is 13.3 Å². The van der Waals surface area contributed by atoms with Gasteiger partial charge in [-0.15, -0.1) is 11.3 Å². The van der Waals surface area contributed by atoms with E-state index >= 15 is 0 Å². The van der Waals surface area contributed by atoms with E-state index in [9.17, 15) is 18.0 Å². The van der Waals surface area contributed by atoms with E-state index in [0.29, 0.717) is 34.4 Å². The van der Waals surface area contributed by atoms with Crippen molar-refractivity contribution in [1.82, 2.24) is 15.0 Å². The van der Waals surface area contributed by atoms with Crippen molar-refractivity contribution in [3.63, 3.8) is 0 Å². The van der Waals surface area contributed by atoms with Gasteiger partial charge in [-0.3, -0.25) is 9.10 Å². The third-order valence-electron chi connectivity index (χ3n) is 5.92. The van der Waals surface area contributed by atoms with Crippen LogP contribution in [-0.2, 0) is 27.8 Å². The summed E-state index contributed by atoms with van der Waals surface area (Å²) in [5.74, 6) is 0. The third kappa shape index (κ3) is 4.09. The number of rotatable bonds is 6. The summed E-state index contributed by atoms with van der Waals surface area (Å²) < 4.78 is 29.5. The monoisotopic (exact) mass is 532 g/mol. The molecular weight excluding hydrogens is 512 g/mol. The van der Waals surface area contributed by atoms with Gasteiger partial charge in [0.05, 0.1) is 45.9 Å². The lowest BCUT2D eigenvalue weighted by Crippen LogP contribution is -2.36. The summed E-state index contributed by atoms with van der Waals surface area (Å²) in [6, 6.07) is 11.4. The number of hydrogen-bond acceptors (Lipinski definition) is 7. The van der Waals surface area contributed by atoms with Crippen LogP contribution in [0.4, 0.5) is 5.69 Å². The van der Waals surface area contributed by atoms with Crippen LogP contribution >= 0.6 is 22.9 Å². The topological polar surface area (TPSA) is 114 Å². The molecule has 0 spiro atoms. The van der Waals surface area contributed by atoms with Crippen LogP contribution in [0.1, 0.15) is 16.9 Å². The van der Waals surface area contributed by atoms with E-state index in [0.717, 1.165) is 16.6 Å². The van der Waals surface area contributed by atoms with Crippen molar-refractivity contribution in [2.75, 3.05) is 18.0 Å². The molecule has 0 aliphatic carbocycles. The number of hydrogen-bond donors (Lipinski definition) is 2. The van der Waals surface area contributed by atoms with E-state index in [2.05, 4.69) is 10.5 Å². The number of nitrogens with zero attached hydrogens (tertiary/aromatic N) is 2. The number of nitrogens with one attached hydrogen (secondary N) is 2. The molecule has 0 unspecified atom stereocenters. The molecule has 0 bridgehead atoms. The van der Waals surface area contributed by atoms with E-state index in [1.54, 1.807) is 17.5 Å². The minimum Gasteiger partial charge on any atom is -0.306 e. The van der Waals surface area contributed by atoms with Gasteiger partial charge in [0, 0.05) is 16.8 Å². The van der Waals surface area contributed by atoms with Gasteiger partial charge in [-0.25, -0.2) is 17.8 Å². The molecule has 12 heteroatoms. The molecule has 3 heterocycles. The highest BCUT2D eigenvalue weighted by Crippen LogP contribution is 2.33. The predicted molar refractivity (Wildman–Crippen MR) is 136 cm³/mol. The number of hydroxylamine groups is 1. The summed E-state index contributed by atoms with van der Waals surface area (Å²) >= 11 is 7.68. The van der Waals surface area contributed by atoms with Gasteiger partial charge < -0.3 is 9.82 Å². The largest absolute Gasteiger partial charge is 0.333 e. The van der Waals surface area contributed by atoms with Gasteiger partial charge in [0.1, 0.15) is 0 Å². The van der Waals surface area contributed by atoms with Gasteiger partial charge in [0.2, 0.25) is 0 Å². The van der Waals surface area contributed by atoms with Gasteiger partial charge in [0.25, 0.3) is 15.6 Å². The first kappa shape index (κ1) is 23.8. The minimum atomic E-state index is -3.98. The second-order valence-electron chi connectivity index (χ2n) is 7.97. The molecule has 35 heavy (non-hydrogen) atoms. The molecule has 2 N–H and O–H groups in total. The number of aromatic amines is 1. The van der Waals surface area contributed by atoms with E-state index in [1.807, 2.05) is 12.1 Å². The zero-order valence-corrected chi connectivity index (χ0v) is 21.0. The van der Waals surface area contributed by atoms with Crippen LogP contribution in [0, 0.1) is 0 Å². The number of halogens is 1. The Morgan fingerprint density at radius 3 is 2.77 bits per heavy atom. The van der Waals surface area contributed by atoms with Crippen LogP contribution < -0.4 is 21.0 Å². The second kappa shape index (κ2) is 9.25. The number of H-pyrrole nitrogens is 1. The normalized spacial score (nSPS) is 13.8. The smallest absolute Gasteiger partial charge is 0.306 e. The number of sulfonamides is 1. The molecule has 4 aromatic rings. The first-order chi connectivity index (χ1) is 16.8. The molecule has 0 amide bonds. The number of aromatic nitrogens is 2. The lowest BCUT2D eigenvalue weighted by Gasteiger charge is -2.30. The first-order valence-corrected chi connectivity index (χ1v) is 13.4. The van der Waals surface area contributed by atoms with Crippen LogP contribution in [0.3, 0.4) is 0 Å². The quantitative estimate of drug-likeness (QED) is 0.369. The molecule has 1 aliphatic heterocycles. The van der Waals surface area contributed by atoms with Crippen LogP contribution in [0.15, 0.2) is 62.3 Å². The maximum absolute atomic E-state index is 13.6. The molecular formula is C23H21ClN4O5S2. The summed E-state index contributed by atoms with van der Waals surface area (Å²) in [7, 11) is -2.52. The van der Waals surface area contributed by atoms with Gasteiger partial charge in [-0.1, -0.05) is 29.8 Å². The number of benzene rings is 2. The molecule has 0 saturated heterocycles. The van der Waals surface area contributed by atoms with Crippen LogP contribution in [0.5, 0.6) is 0 Å². The summed E-state index contributed by atoms with van der Waals surface area (Å²) in [6.45, 7) is 0.580. The van der Waals surface area contributed by atoms with Crippen molar-refractivity contribution in [3.8, 4) is 5.69 Å². The lowest BCUT2D eigenvalue weighted by atomic mass is 10.0. The number of aryl methyl sites for hydroxylation is 1. The zero-order valence-electron chi connectivity index (χ0n) is 18.6. The first-order valence-electron chi connectivity index (χ1n) is 10.7. The molecule has 5 rings (SSSR count). The maximum Gasteiger partial charge on any atom is 0.333 e. The van der Waals surface area contributed by atoms with Crippen molar-refractivity contribution in [3.05, 3.63) is 84.1 Å². The number of fused-ring (bicyclic) bond motifs is 2. The van der Waals surface area contributed by atoms with E-state index < -0.39 is 21.3 Å². The number of thiophene rings is 1. The van der Waals surface area contributed by atoms with Crippen molar-refractivity contribution in [2.24, 2.45) is 0 Å². The Hall–Kier alpha value is -2.96. The summed E-state index contributed by atoms with van der Waals surface area (Å²) in [6.07, 6.45) is 1.47. The fourth-order valence-corrected chi connectivity index (χ4v) is 6.94. The Morgan fingerprint density at radius 2 is 1.97 bits per heavy atom. The Bertz CT molecular complexity index is 1660. The van der Waals surface area contributed by atoms with E-state index in [-0.39, 0.29) is 22.2 Å². The van der Waals surface area contributed by atoms with Crippen LogP contribution in [-0.4, -0.2) is 31.6 Å². The molecule has 2 aromatic carbocycles. The van der Waals surface area contributed by atoms with Crippen molar-refractivity contribution in [2.45, 2.75) is 24.3 Å². The van der Waals surface area contributed by atoms with E-state index in [1.165, 1.54) is 41.0 Å². The summed E-state index contributed by atoms with van der Waals surface area (Å²) in [5, 5.41) is 2.04. The average Bonchev–Trinajstić information content (AvgIpc) is 3.26. The fraction of sp³-hybridized carbons (Fsp3) is 0.217. The average molecular weight is 533 g/mol. The molecule has 0 fully saturated rings. The predicted octanol–water partition coefficient (Wildman–Crippen LogP) is 3.19. The lowest BCUT2D eigenvalue weighted by molar-refractivity contribution is 0.0877. The molecule has 0 saturated carbocycles. The maximum atomic E-state index is 13.6. The van der Waals surface area contributed by atoms with Gasteiger partial charge >= 0.3 is 5.69 Å². The van der Waals surface area contributed by atoms with Crippen LogP contribution in [0.25, 0.3) is 16.6 Å². The zero-order chi connectivity index (χ0) is 24.7. The molecule has 0 radical (unpaired) electrons. The van der Waals surface area contributed by atoms with Gasteiger partial charge in [0.15, 0.2) is 0 Å². The Balaban J connectivity index is 1.66. The SMILES string of the molecule is CONCc1scc2[nH]c(=O)n(-c3cc(S(=O)(=O)N4CCCc5ccccc54)ccc3Cl)c(=O)c12. The highest BCUT2D eigenvalue weighted by Gasteiger charge is 2.30. The van der Waals surface area contributed by atoms with Gasteiger partial charge in [-0.2, -0.15) is 5.48 Å². The molecule has 1 aliphatic rings. The Labute approximate surface area is 209 Å². The molecule has 182 valence electrons. The Kier molecular flexibility index (Phi) is 6.28. The third-order valence-corrected chi connectivity index (χ3v) is 9.04. The highest BCUT2D eigenvalue weighted by molar-refractivity contribution is 7.92. The standard InChI is InChI=1S/C23H21ClN4O5S2/c1-33-25-12-20-21-17(13-34-20)26-23(30)28(22(21)29)19-11-15(8-9-16(19)24)35(31,32)27-10-4-6-14-5-2-3-7-18(14)27/h2-3,5,7-9,11,13,25H,4,6,10,12H2,1H3,(H,26,30). The Morgan fingerprint density at radius 1 is 1.17 bits per heavy atom. The molecule has 0 atom stereocenters. The van der Waals surface area contributed by atoms with Crippen molar-refractivity contribution in [1.29, 1.82) is 0 Å². The molecule has 2 aromatic heterocycles.